The fraction of sp³-hybridized carbons (Fsp3) is 0.321. The van der Waals surface area contributed by atoms with Gasteiger partial charge in [0.1, 0.15) is 10.7 Å². The molecule has 3 aromatic carbocycles. The molecule has 10 heteroatoms. The Balaban J connectivity index is 1.34. The van der Waals surface area contributed by atoms with Crippen molar-refractivity contribution in [2.45, 2.75) is 49.0 Å². The molecule has 5 rings (SSSR count). The topological polar surface area (TPSA) is 84.9 Å². The third-order valence-electron chi connectivity index (χ3n) is 6.97. The normalized spacial score (nSPS) is 18.1. The van der Waals surface area contributed by atoms with E-state index < -0.39 is 15.8 Å². The highest BCUT2D eigenvalue weighted by molar-refractivity contribution is 7.92. The number of rotatable bonds is 8. The number of carbonyl (C=O) groups is 1. The van der Waals surface area contributed by atoms with E-state index in [0.717, 1.165) is 49.4 Å². The SMILES string of the molecule is COc1ccc(C2CC(=O)N(c3cccc(NS(=O)(=O)c4ccc(F)cc4Cl)c3)C2)cc1OC1CCCC1. The summed E-state index contributed by atoms with van der Waals surface area (Å²) in [5.74, 6) is 0.609. The van der Waals surface area contributed by atoms with Crippen LogP contribution in [-0.2, 0) is 14.8 Å². The highest BCUT2D eigenvalue weighted by Gasteiger charge is 2.33. The summed E-state index contributed by atoms with van der Waals surface area (Å²) in [7, 11) is -2.45. The number of hydrogen-bond acceptors (Lipinski definition) is 5. The van der Waals surface area contributed by atoms with Crippen molar-refractivity contribution in [3.05, 3.63) is 77.1 Å². The van der Waals surface area contributed by atoms with Crippen molar-refractivity contribution < 1.29 is 27.1 Å². The minimum absolute atomic E-state index is 0.0577. The summed E-state index contributed by atoms with van der Waals surface area (Å²) in [6, 6.07) is 15.5. The van der Waals surface area contributed by atoms with Crippen molar-refractivity contribution in [3.8, 4) is 11.5 Å². The van der Waals surface area contributed by atoms with Crippen LogP contribution < -0.4 is 19.1 Å². The van der Waals surface area contributed by atoms with E-state index in [0.29, 0.717) is 30.2 Å². The van der Waals surface area contributed by atoms with Crippen LogP contribution in [0, 0.1) is 5.82 Å². The summed E-state index contributed by atoms with van der Waals surface area (Å²) >= 11 is 5.96. The molecule has 1 aliphatic carbocycles. The van der Waals surface area contributed by atoms with Crippen LogP contribution in [0.25, 0.3) is 0 Å². The number of nitrogens with one attached hydrogen (secondary N) is 1. The molecule has 2 fully saturated rings. The third kappa shape index (κ3) is 5.59. The number of carbonyl (C=O) groups excluding carboxylic acids is 1. The van der Waals surface area contributed by atoms with Gasteiger partial charge in [0.05, 0.1) is 23.9 Å². The molecule has 200 valence electrons. The molecule has 0 bridgehead atoms. The molecule has 1 saturated heterocycles. The van der Waals surface area contributed by atoms with Gasteiger partial charge in [-0.3, -0.25) is 9.52 Å². The van der Waals surface area contributed by atoms with Crippen molar-refractivity contribution in [2.75, 3.05) is 23.3 Å². The summed E-state index contributed by atoms with van der Waals surface area (Å²) in [6.45, 7) is 0.439. The second-order valence-electron chi connectivity index (χ2n) is 9.57. The first-order valence-electron chi connectivity index (χ1n) is 12.5. The molecule has 0 radical (unpaired) electrons. The lowest BCUT2D eigenvalue weighted by atomic mass is 9.98. The molecule has 1 aliphatic heterocycles. The van der Waals surface area contributed by atoms with Crippen LogP contribution in [0.15, 0.2) is 65.6 Å². The number of ether oxygens (including phenoxy) is 2. The third-order valence-corrected chi connectivity index (χ3v) is 8.84. The van der Waals surface area contributed by atoms with Crippen LogP contribution in [0.5, 0.6) is 11.5 Å². The number of sulfonamides is 1. The zero-order valence-corrected chi connectivity index (χ0v) is 22.4. The van der Waals surface area contributed by atoms with Crippen molar-refractivity contribution >= 4 is 38.9 Å². The maximum absolute atomic E-state index is 13.4. The summed E-state index contributed by atoms with van der Waals surface area (Å²) in [5, 5.41) is -0.220. The summed E-state index contributed by atoms with van der Waals surface area (Å²) in [4.78, 5) is 14.4. The largest absolute Gasteiger partial charge is 0.493 e. The van der Waals surface area contributed by atoms with E-state index in [4.69, 9.17) is 21.1 Å². The quantitative estimate of drug-likeness (QED) is 0.359. The van der Waals surface area contributed by atoms with Gasteiger partial charge in [-0.1, -0.05) is 23.7 Å². The molecule has 1 amide bonds. The first-order valence-corrected chi connectivity index (χ1v) is 14.3. The molecule has 1 unspecified atom stereocenters. The Hall–Kier alpha value is -3.30. The lowest BCUT2D eigenvalue weighted by Gasteiger charge is -2.20. The smallest absolute Gasteiger partial charge is 0.263 e. The molecule has 38 heavy (non-hydrogen) atoms. The predicted molar refractivity (Wildman–Crippen MR) is 144 cm³/mol. The maximum atomic E-state index is 13.4. The minimum Gasteiger partial charge on any atom is -0.493 e. The van der Waals surface area contributed by atoms with E-state index in [9.17, 15) is 17.6 Å². The zero-order valence-electron chi connectivity index (χ0n) is 20.8. The van der Waals surface area contributed by atoms with Crippen LogP contribution >= 0.6 is 11.6 Å². The van der Waals surface area contributed by atoms with Crippen molar-refractivity contribution in [1.82, 2.24) is 0 Å². The lowest BCUT2D eigenvalue weighted by molar-refractivity contribution is -0.117. The van der Waals surface area contributed by atoms with Gasteiger partial charge in [-0.25, -0.2) is 12.8 Å². The van der Waals surface area contributed by atoms with E-state index in [-0.39, 0.29) is 33.5 Å². The molecule has 1 atom stereocenters. The molecule has 1 saturated carbocycles. The van der Waals surface area contributed by atoms with Gasteiger partial charge < -0.3 is 14.4 Å². The summed E-state index contributed by atoms with van der Waals surface area (Å²) in [6.07, 6.45) is 4.86. The Labute approximate surface area is 226 Å². The molecular weight excluding hydrogens is 531 g/mol. The zero-order chi connectivity index (χ0) is 26.9. The number of anilines is 2. The maximum Gasteiger partial charge on any atom is 0.263 e. The average molecular weight is 559 g/mol. The van der Waals surface area contributed by atoms with Gasteiger partial charge in [-0.15, -0.1) is 0 Å². The van der Waals surface area contributed by atoms with Crippen LogP contribution in [0.2, 0.25) is 5.02 Å². The molecular formula is C28H28ClFN2O5S. The van der Waals surface area contributed by atoms with E-state index in [1.165, 1.54) is 0 Å². The van der Waals surface area contributed by atoms with Crippen LogP contribution in [0.3, 0.4) is 0 Å². The highest BCUT2D eigenvalue weighted by atomic mass is 35.5. The van der Waals surface area contributed by atoms with Gasteiger partial charge in [-0.2, -0.15) is 0 Å². The molecule has 0 aromatic heterocycles. The Morgan fingerprint density at radius 1 is 1.03 bits per heavy atom. The average Bonchev–Trinajstić information content (AvgIpc) is 3.53. The van der Waals surface area contributed by atoms with E-state index in [1.807, 2.05) is 18.2 Å². The second-order valence-corrected chi connectivity index (χ2v) is 11.6. The fourth-order valence-corrected chi connectivity index (χ4v) is 6.63. The Kier molecular flexibility index (Phi) is 7.49. The van der Waals surface area contributed by atoms with E-state index in [2.05, 4.69) is 4.72 Å². The van der Waals surface area contributed by atoms with E-state index in [1.54, 1.807) is 36.3 Å². The van der Waals surface area contributed by atoms with Gasteiger partial charge in [0.2, 0.25) is 5.91 Å². The Morgan fingerprint density at radius 3 is 2.55 bits per heavy atom. The number of halogens is 2. The second kappa shape index (κ2) is 10.8. The molecule has 0 spiro atoms. The Morgan fingerprint density at radius 2 is 1.82 bits per heavy atom. The van der Waals surface area contributed by atoms with Gasteiger partial charge in [-0.05, 0) is 79.8 Å². The van der Waals surface area contributed by atoms with Crippen molar-refractivity contribution in [2.24, 2.45) is 0 Å². The number of methoxy groups -OCH3 is 1. The lowest BCUT2D eigenvalue weighted by Crippen LogP contribution is -2.24. The van der Waals surface area contributed by atoms with Crippen LogP contribution in [0.1, 0.15) is 43.6 Å². The predicted octanol–water partition coefficient (Wildman–Crippen LogP) is 6.13. The monoisotopic (exact) mass is 558 g/mol. The van der Waals surface area contributed by atoms with Gasteiger partial charge >= 0.3 is 0 Å². The van der Waals surface area contributed by atoms with Crippen molar-refractivity contribution in [3.63, 3.8) is 0 Å². The molecule has 1 N–H and O–H groups in total. The van der Waals surface area contributed by atoms with Crippen LogP contribution in [0.4, 0.5) is 15.8 Å². The van der Waals surface area contributed by atoms with E-state index >= 15 is 0 Å². The van der Waals surface area contributed by atoms with Gasteiger partial charge in [0, 0.05) is 24.6 Å². The van der Waals surface area contributed by atoms with Crippen LogP contribution in [-0.4, -0.2) is 34.1 Å². The van der Waals surface area contributed by atoms with Gasteiger partial charge in [0.25, 0.3) is 10.0 Å². The summed E-state index contributed by atoms with van der Waals surface area (Å²) in [5.41, 5.74) is 1.81. The number of nitrogens with zero attached hydrogens (tertiary/aromatic N) is 1. The number of hydrogen-bond donors (Lipinski definition) is 1. The number of amides is 1. The molecule has 7 nitrogen and oxygen atoms in total. The standard InChI is InChI=1S/C28H28ClFN2O5S/c1-36-25-11-9-18(13-26(25)37-23-7-2-3-8-23)19-14-28(33)32(17-19)22-6-4-5-21(16-22)31-38(34,35)27-12-10-20(30)15-24(27)29/h4-6,9-13,15-16,19,23,31H,2-3,7-8,14,17H2,1H3. The highest BCUT2D eigenvalue weighted by Crippen LogP contribution is 2.38. The summed E-state index contributed by atoms with van der Waals surface area (Å²) < 4.78 is 53.3. The first kappa shape index (κ1) is 26.3. The first-order chi connectivity index (χ1) is 18.2. The molecule has 1 heterocycles. The Bertz CT molecular complexity index is 1460. The fourth-order valence-electron chi connectivity index (χ4n) is 5.05. The molecule has 3 aromatic rings. The number of benzene rings is 3. The minimum atomic E-state index is -4.07. The molecule has 2 aliphatic rings. The van der Waals surface area contributed by atoms with Crippen molar-refractivity contribution in [1.29, 1.82) is 0 Å². The van der Waals surface area contributed by atoms with Gasteiger partial charge in [0.15, 0.2) is 11.5 Å².